The molecule has 11 heteroatoms. The summed E-state index contributed by atoms with van der Waals surface area (Å²) >= 11 is 0. The summed E-state index contributed by atoms with van der Waals surface area (Å²) in [6.07, 6.45) is 0. The minimum atomic E-state index is -2.51. The van der Waals surface area contributed by atoms with E-state index in [9.17, 15) is 43.9 Å². The zero-order valence-corrected chi connectivity index (χ0v) is 17.7. The first kappa shape index (κ1) is 24.5. The number of hydrogen-bond acceptors (Lipinski definition) is 0. The van der Waals surface area contributed by atoms with Crippen LogP contribution in [0.1, 0.15) is 0 Å². The Morgan fingerprint density at radius 1 is 0.351 bits per heavy atom. The highest BCUT2D eigenvalue weighted by molar-refractivity contribution is 6.21. The smallest absolute Gasteiger partial charge is 0.200 e. The van der Waals surface area contributed by atoms with Crippen molar-refractivity contribution in [1.29, 1.82) is 0 Å². The molecule has 0 aromatic heterocycles. The van der Waals surface area contributed by atoms with Gasteiger partial charge < -0.3 is 0 Å². The zero-order valence-electron chi connectivity index (χ0n) is 17.7. The summed E-state index contributed by atoms with van der Waals surface area (Å²) < 4.78 is 157. The third-order valence-corrected chi connectivity index (χ3v) is 5.86. The van der Waals surface area contributed by atoms with Crippen LogP contribution in [0.2, 0.25) is 0 Å². The van der Waals surface area contributed by atoms with Crippen LogP contribution in [-0.4, -0.2) is 0 Å². The van der Waals surface area contributed by atoms with Gasteiger partial charge in [0, 0.05) is 10.9 Å². The molecule has 5 aromatic carbocycles. The molecule has 0 heterocycles. The fourth-order valence-electron chi connectivity index (χ4n) is 4.32. The van der Waals surface area contributed by atoms with E-state index in [1.165, 1.54) is 0 Å². The first-order valence-electron chi connectivity index (χ1n) is 10.1. The van der Waals surface area contributed by atoms with Crippen LogP contribution in [0.4, 0.5) is 48.3 Å². The number of fused-ring (bicyclic) bond motifs is 2. The van der Waals surface area contributed by atoms with Gasteiger partial charge in [-0.15, -0.1) is 0 Å². The van der Waals surface area contributed by atoms with E-state index < -0.39 is 108 Å². The van der Waals surface area contributed by atoms with Crippen LogP contribution in [0.15, 0.2) is 42.5 Å². The lowest BCUT2D eigenvalue weighted by Gasteiger charge is -2.19. The maximum atomic E-state index is 15.2. The molecule has 0 N–H and O–H groups in total. The maximum absolute atomic E-state index is 15.2. The summed E-state index contributed by atoms with van der Waals surface area (Å²) in [6.45, 7) is 0. The Morgan fingerprint density at radius 3 is 1.38 bits per heavy atom. The molecule has 0 saturated heterocycles. The Morgan fingerprint density at radius 2 is 0.838 bits per heavy atom. The van der Waals surface area contributed by atoms with Crippen LogP contribution >= 0.6 is 0 Å². The quantitative estimate of drug-likeness (QED) is 0.0930. The average molecular weight is 528 g/mol. The van der Waals surface area contributed by atoms with E-state index in [2.05, 4.69) is 0 Å². The van der Waals surface area contributed by atoms with Gasteiger partial charge in [0.1, 0.15) is 5.82 Å². The van der Waals surface area contributed by atoms with E-state index in [0.29, 0.717) is 24.3 Å². The second kappa shape index (κ2) is 8.46. The maximum Gasteiger partial charge on any atom is 0.200 e. The highest BCUT2D eigenvalue weighted by Gasteiger charge is 2.31. The van der Waals surface area contributed by atoms with Gasteiger partial charge in [-0.1, -0.05) is 12.1 Å². The number of halogens is 11. The topological polar surface area (TPSA) is 0 Å². The van der Waals surface area contributed by atoms with E-state index in [0.717, 1.165) is 18.2 Å². The summed E-state index contributed by atoms with van der Waals surface area (Å²) in [6, 6.07) is 4.46. The molecule has 0 saturated carbocycles. The molecule has 0 fully saturated rings. The lowest BCUT2D eigenvalue weighted by atomic mass is 9.85. The molecule has 0 spiro atoms. The average Bonchev–Trinajstić information content (AvgIpc) is 2.85. The molecular weight excluding hydrogens is 521 g/mol. The summed E-state index contributed by atoms with van der Waals surface area (Å²) in [5.74, 6) is -21.9. The molecule has 5 rings (SSSR count). The molecule has 0 nitrogen and oxygen atoms in total. The third kappa shape index (κ3) is 3.52. The molecule has 37 heavy (non-hydrogen) atoms. The van der Waals surface area contributed by atoms with E-state index in [1.807, 2.05) is 0 Å². The Kier molecular flexibility index (Phi) is 5.61. The Labute approximate surface area is 199 Å². The van der Waals surface area contributed by atoms with Gasteiger partial charge >= 0.3 is 0 Å². The van der Waals surface area contributed by atoms with E-state index in [-0.39, 0.29) is 0 Å². The lowest BCUT2D eigenvalue weighted by Crippen LogP contribution is -2.06. The van der Waals surface area contributed by atoms with Crippen molar-refractivity contribution in [3.05, 3.63) is 106 Å². The summed E-state index contributed by atoms with van der Waals surface area (Å²) in [5.41, 5.74) is -3.65. The van der Waals surface area contributed by atoms with Gasteiger partial charge in [0.2, 0.25) is 5.82 Å². The van der Waals surface area contributed by atoms with Crippen molar-refractivity contribution < 1.29 is 48.3 Å². The van der Waals surface area contributed by atoms with Gasteiger partial charge in [-0.2, -0.15) is 0 Å². The van der Waals surface area contributed by atoms with E-state index >= 15 is 4.39 Å². The molecule has 0 aliphatic rings. The molecule has 0 atom stereocenters. The summed E-state index contributed by atoms with van der Waals surface area (Å²) in [7, 11) is 0. The van der Waals surface area contributed by atoms with Crippen molar-refractivity contribution in [3.8, 4) is 22.3 Å². The summed E-state index contributed by atoms with van der Waals surface area (Å²) in [4.78, 5) is 0. The van der Waals surface area contributed by atoms with Gasteiger partial charge in [-0.3, -0.25) is 0 Å². The van der Waals surface area contributed by atoms with Gasteiger partial charge in [0.15, 0.2) is 52.4 Å². The van der Waals surface area contributed by atoms with E-state index in [4.69, 9.17) is 0 Å². The predicted octanol–water partition coefficient (Wildman–Crippen LogP) is 8.86. The molecule has 0 aliphatic heterocycles. The molecule has 188 valence electrons. The van der Waals surface area contributed by atoms with Gasteiger partial charge in [-0.05, 0) is 57.6 Å². The van der Waals surface area contributed by atoms with Crippen molar-refractivity contribution in [2.24, 2.45) is 0 Å². The van der Waals surface area contributed by atoms with Gasteiger partial charge in [0.05, 0.1) is 5.56 Å². The van der Waals surface area contributed by atoms with Gasteiger partial charge in [-0.25, -0.2) is 48.3 Å². The highest BCUT2D eigenvalue weighted by Crippen LogP contribution is 2.47. The molecule has 5 aromatic rings. The van der Waals surface area contributed by atoms with Crippen LogP contribution < -0.4 is 0 Å². The molecular formula is C26H7F11. The largest absolute Gasteiger partial charge is 0.206 e. The molecule has 0 bridgehead atoms. The first-order chi connectivity index (χ1) is 17.4. The Hall–Kier alpha value is -4.15. The summed E-state index contributed by atoms with van der Waals surface area (Å²) in [5, 5.41) is -2.60. The van der Waals surface area contributed by atoms with Crippen molar-refractivity contribution in [1.82, 2.24) is 0 Å². The normalized spacial score (nSPS) is 11.6. The van der Waals surface area contributed by atoms with Crippen molar-refractivity contribution in [2.75, 3.05) is 0 Å². The molecule has 0 aliphatic carbocycles. The van der Waals surface area contributed by atoms with Crippen molar-refractivity contribution in [3.63, 3.8) is 0 Å². The Bertz CT molecular complexity index is 1740. The van der Waals surface area contributed by atoms with Crippen LogP contribution in [0.25, 0.3) is 43.8 Å². The SMILES string of the molecule is Fc1cc2c(-c3cc(F)c(F)c(F)c3)c3cccc(F)c3c(-c3c(F)c(F)c(F)c(F)c3F)c2cc1F. The third-order valence-electron chi connectivity index (χ3n) is 5.86. The van der Waals surface area contributed by atoms with Gasteiger partial charge in [0.25, 0.3) is 0 Å². The van der Waals surface area contributed by atoms with Crippen molar-refractivity contribution in [2.45, 2.75) is 0 Å². The number of benzene rings is 5. The van der Waals surface area contributed by atoms with Crippen LogP contribution in [-0.2, 0) is 0 Å². The second-order valence-corrected chi connectivity index (χ2v) is 7.92. The number of hydrogen-bond donors (Lipinski definition) is 0. The fourth-order valence-corrected chi connectivity index (χ4v) is 4.32. The first-order valence-corrected chi connectivity index (χ1v) is 10.1. The highest BCUT2D eigenvalue weighted by atomic mass is 19.2. The minimum absolute atomic E-state index is 0.309. The van der Waals surface area contributed by atoms with Crippen molar-refractivity contribution >= 4 is 21.5 Å². The minimum Gasteiger partial charge on any atom is -0.206 e. The monoisotopic (exact) mass is 528 g/mol. The Balaban J connectivity index is 2.12. The molecule has 0 amide bonds. The predicted molar refractivity (Wildman–Crippen MR) is 112 cm³/mol. The standard InChI is InChI=1S/C26H7F11/c27-12-3-1-2-9-17(8-4-15(30)21(32)16(31)5-8)10-6-13(28)14(29)7-11(10)19(18(9)12)20-22(33)24(35)26(37)25(36)23(20)34/h1-7H. The fraction of sp³-hybridized carbons (Fsp3) is 0. The van der Waals surface area contributed by atoms with Crippen LogP contribution in [0.5, 0.6) is 0 Å². The zero-order chi connectivity index (χ0) is 26.9. The second-order valence-electron chi connectivity index (χ2n) is 7.92. The molecule has 0 unspecified atom stereocenters. The van der Waals surface area contributed by atoms with Crippen LogP contribution in [0.3, 0.4) is 0 Å². The molecule has 0 radical (unpaired) electrons. The number of rotatable bonds is 2. The lowest BCUT2D eigenvalue weighted by molar-refractivity contribution is 0.381. The van der Waals surface area contributed by atoms with E-state index in [1.54, 1.807) is 0 Å². The van der Waals surface area contributed by atoms with Crippen LogP contribution in [0, 0.1) is 64.0 Å².